The zero-order valence-electron chi connectivity index (χ0n) is 19.4. The number of amidine groups is 2. The van der Waals surface area contributed by atoms with Crippen LogP contribution in [-0.4, -0.2) is 96.4 Å². The molecule has 0 aromatic heterocycles. The molecule has 2 N–H and O–H groups in total. The fourth-order valence-corrected chi connectivity index (χ4v) is 5.77. The third kappa shape index (κ3) is 5.70. The van der Waals surface area contributed by atoms with Crippen molar-refractivity contribution in [3.63, 3.8) is 0 Å². The molecule has 7 nitrogen and oxygen atoms in total. The van der Waals surface area contributed by atoms with Crippen LogP contribution in [0.3, 0.4) is 0 Å². The van der Waals surface area contributed by atoms with Crippen LogP contribution in [0.4, 0.5) is 8.78 Å². The molecule has 0 radical (unpaired) electrons. The number of alkyl halides is 2. The minimum Gasteiger partial charge on any atom is -0.385 e. The summed E-state index contributed by atoms with van der Waals surface area (Å²) in [5.41, 5.74) is 7.03. The zero-order valence-corrected chi connectivity index (χ0v) is 20.1. The number of rotatable bonds is 5. The van der Waals surface area contributed by atoms with Crippen molar-refractivity contribution in [1.29, 1.82) is 0 Å². The normalized spacial score (nSPS) is 28.9. The van der Waals surface area contributed by atoms with Crippen molar-refractivity contribution in [3.05, 3.63) is 34.9 Å². The largest absolute Gasteiger partial charge is 0.385 e. The number of piperidine rings is 1. The Balaban J connectivity index is 1.24. The standard InChI is InChI=1S/C24H33ClF2N6O/c25-18-3-1-17(2-4-18)11-20-15-34-21(13-31-10-7-24(26,27)16-31)14-33(20)19-5-8-32(9-6-19)23-12-22(28)29-30-23/h1-4,19-21H,5-16H2,(H2,28,29)/t20-,21-/m0/s1. The Morgan fingerprint density at radius 2 is 1.88 bits per heavy atom. The number of nitrogens with two attached hydrogens (primary N) is 1. The van der Waals surface area contributed by atoms with Crippen molar-refractivity contribution in [1.82, 2.24) is 14.7 Å². The first-order valence-electron chi connectivity index (χ1n) is 12.2. The van der Waals surface area contributed by atoms with Gasteiger partial charge in [0.05, 0.1) is 25.7 Å². The van der Waals surface area contributed by atoms with Crippen molar-refractivity contribution >= 4 is 23.3 Å². The van der Waals surface area contributed by atoms with Crippen LogP contribution in [0.15, 0.2) is 34.5 Å². The molecule has 10 heteroatoms. The Morgan fingerprint density at radius 1 is 1.12 bits per heavy atom. The van der Waals surface area contributed by atoms with Gasteiger partial charge in [0.1, 0.15) is 11.7 Å². The van der Waals surface area contributed by atoms with Gasteiger partial charge >= 0.3 is 0 Å². The van der Waals surface area contributed by atoms with E-state index in [0.29, 0.717) is 38.0 Å². The van der Waals surface area contributed by atoms with E-state index in [-0.39, 0.29) is 25.1 Å². The van der Waals surface area contributed by atoms with Crippen LogP contribution in [-0.2, 0) is 11.2 Å². The van der Waals surface area contributed by atoms with E-state index in [4.69, 9.17) is 22.1 Å². The minimum absolute atomic E-state index is 0.0548. The lowest BCUT2D eigenvalue weighted by Crippen LogP contribution is -2.59. The summed E-state index contributed by atoms with van der Waals surface area (Å²) < 4.78 is 33.6. The monoisotopic (exact) mass is 494 g/mol. The van der Waals surface area contributed by atoms with Crippen molar-refractivity contribution in [2.45, 2.75) is 56.2 Å². The van der Waals surface area contributed by atoms with E-state index in [0.717, 1.165) is 49.8 Å². The number of hydrogen-bond acceptors (Lipinski definition) is 7. The van der Waals surface area contributed by atoms with Gasteiger partial charge in [-0.3, -0.25) is 9.80 Å². The van der Waals surface area contributed by atoms with Gasteiger partial charge in [-0.15, -0.1) is 10.2 Å². The van der Waals surface area contributed by atoms with Gasteiger partial charge in [0.2, 0.25) is 0 Å². The summed E-state index contributed by atoms with van der Waals surface area (Å²) in [6.07, 6.45) is 3.43. The van der Waals surface area contributed by atoms with E-state index >= 15 is 0 Å². The number of halogens is 3. The summed E-state index contributed by atoms with van der Waals surface area (Å²) in [5, 5.41) is 8.94. The predicted octanol–water partition coefficient (Wildman–Crippen LogP) is 2.83. The maximum Gasteiger partial charge on any atom is 0.261 e. The van der Waals surface area contributed by atoms with Crippen molar-refractivity contribution in [3.8, 4) is 0 Å². The topological polar surface area (TPSA) is 69.7 Å². The molecular weight excluding hydrogens is 462 g/mol. The molecule has 4 heterocycles. The average molecular weight is 495 g/mol. The quantitative estimate of drug-likeness (QED) is 0.681. The van der Waals surface area contributed by atoms with Crippen LogP contribution in [0.25, 0.3) is 0 Å². The smallest absolute Gasteiger partial charge is 0.261 e. The highest BCUT2D eigenvalue weighted by Gasteiger charge is 2.41. The van der Waals surface area contributed by atoms with Crippen LogP contribution >= 0.6 is 11.6 Å². The summed E-state index contributed by atoms with van der Waals surface area (Å²) in [5.74, 6) is -1.04. The number of hydrogen-bond donors (Lipinski definition) is 1. The average Bonchev–Trinajstić information content (AvgIpc) is 3.41. The van der Waals surface area contributed by atoms with Gasteiger partial charge in [0.15, 0.2) is 0 Å². The van der Waals surface area contributed by atoms with Crippen LogP contribution in [0, 0.1) is 0 Å². The Labute approximate surface area is 204 Å². The lowest BCUT2D eigenvalue weighted by Gasteiger charge is -2.47. The fraction of sp³-hybridized carbons (Fsp3) is 0.667. The van der Waals surface area contributed by atoms with Gasteiger partial charge in [-0.25, -0.2) is 8.78 Å². The molecule has 0 amide bonds. The molecule has 3 fully saturated rings. The van der Waals surface area contributed by atoms with E-state index in [2.05, 4.69) is 32.1 Å². The predicted molar refractivity (Wildman–Crippen MR) is 130 cm³/mol. The molecule has 4 aliphatic heterocycles. The van der Waals surface area contributed by atoms with Crippen molar-refractivity contribution in [2.75, 3.05) is 45.9 Å². The molecule has 3 saturated heterocycles. The van der Waals surface area contributed by atoms with Gasteiger partial charge < -0.3 is 15.4 Å². The molecule has 0 saturated carbocycles. The lowest BCUT2D eigenvalue weighted by atomic mass is 9.96. The van der Waals surface area contributed by atoms with Crippen molar-refractivity contribution < 1.29 is 13.5 Å². The highest BCUT2D eigenvalue weighted by atomic mass is 35.5. The molecule has 186 valence electrons. The summed E-state index contributed by atoms with van der Waals surface area (Å²) in [6.45, 7) is 4.04. The first kappa shape index (κ1) is 23.9. The molecule has 0 aliphatic carbocycles. The second-order valence-corrected chi connectivity index (χ2v) is 10.4. The van der Waals surface area contributed by atoms with Gasteiger partial charge in [-0.2, -0.15) is 0 Å². The lowest BCUT2D eigenvalue weighted by molar-refractivity contribution is -0.0944. The number of ether oxygens (including phenoxy) is 1. The van der Waals surface area contributed by atoms with E-state index in [9.17, 15) is 8.78 Å². The van der Waals surface area contributed by atoms with E-state index in [1.807, 2.05) is 17.0 Å². The molecule has 0 spiro atoms. The molecule has 0 bridgehead atoms. The molecule has 0 unspecified atom stereocenters. The number of nitrogens with zero attached hydrogens (tertiary/aromatic N) is 5. The van der Waals surface area contributed by atoms with Crippen LogP contribution in [0.5, 0.6) is 0 Å². The van der Waals surface area contributed by atoms with Gasteiger partial charge in [-0.05, 0) is 37.0 Å². The van der Waals surface area contributed by atoms with Crippen LogP contribution in [0.1, 0.15) is 31.2 Å². The highest BCUT2D eigenvalue weighted by Crippen LogP contribution is 2.29. The summed E-state index contributed by atoms with van der Waals surface area (Å²) >= 11 is 6.08. The first-order valence-corrected chi connectivity index (χ1v) is 12.6. The van der Waals surface area contributed by atoms with Crippen molar-refractivity contribution in [2.24, 2.45) is 15.9 Å². The van der Waals surface area contributed by atoms with Crippen LogP contribution < -0.4 is 5.73 Å². The molecular formula is C24H33ClF2N6O. The summed E-state index contributed by atoms with van der Waals surface area (Å²) in [6, 6.07) is 8.66. The van der Waals surface area contributed by atoms with E-state index in [1.165, 1.54) is 5.56 Å². The fourth-order valence-electron chi connectivity index (χ4n) is 5.64. The van der Waals surface area contributed by atoms with E-state index < -0.39 is 5.92 Å². The Hall–Kier alpha value is -1.81. The second kappa shape index (κ2) is 10.0. The number of likely N-dealkylation sites (tertiary alicyclic amines) is 2. The molecule has 4 aliphatic rings. The molecule has 2 atom stereocenters. The highest BCUT2D eigenvalue weighted by molar-refractivity contribution is 6.30. The SMILES string of the molecule is NC1=NN=C(N2CCC(N3C[C@H](CN4CCC(F)(F)C4)OC[C@@H]3Cc3ccc(Cl)cc3)CC2)C1. The second-order valence-electron chi connectivity index (χ2n) is 9.98. The van der Waals surface area contributed by atoms with Gasteiger partial charge in [0.25, 0.3) is 5.92 Å². The third-order valence-electron chi connectivity index (χ3n) is 7.43. The minimum atomic E-state index is -2.58. The molecule has 34 heavy (non-hydrogen) atoms. The zero-order chi connectivity index (χ0) is 23.7. The Bertz CT molecular complexity index is 919. The molecule has 1 aromatic carbocycles. The number of benzene rings is 1. The Morgan fingerprint density at radius 3 is 2.53 bits per heavy atom. The summed E-state index contributed by atoms with van der Waals surface area (Å²) in [7, 11) is 0. The third-order valence-corrected chi connectivity index (χ3v) is 7.69. The molecule has 5 rings (SSSR count). The first-order chi connectivity index (χ1) is 16.3. The Kier molecular flexibility index (Phi) is 7.07. The van der Waals surface area contributed by atoms with Gasteiger partial charge in [-0.1, -0.05) is 23.7 Å². The van der Waals surface area contributed by atoms with Gasteiger partial charge in [0, 0.05) is 56.3 Å². The van der Waals surface area contributed by atoms with E-state index in [1.54, 1.807) is 0 Å². The van der Waals surface area contributed by atoms with Crippen LogP contribution in [0.2, 0.25) is 5.02 Å². The number of morpholine rings is 1. The summed E-state index contributed by atoms with van der Waals surface area (Å²) in [4.78, 5) is 6.72. The maximum atomic E-state index is 13.7. The maximum absolute atomic E-state index is 13.7. The molecule has 1 aromatic rings.